The minimum absolute atomic E-state index is 0.147. The zero-order valence-corrected chi connectivity index (χ0v) is 8.96. The zero-order valence-electron chi connectivity index (χ0n) is 8.96. The molecule has 0 fully saturated rings. The van der Waals surface area contributed by atoms with E-state index < -0.39 is 0 Å². The summed E-state index contributed by atoms with van der Waals surface area (Å²) < 4.78 is 0. The Kier molecular flexibility index (Phi) is 1.03. The molecule has 4 aliphatic carbocycles. The molecule has 0 saturated heterocycles. The highest BCUT2D eigenvalue weighted by molar-refractivity contribution is 5.80. The molecule has 0 aromatic carbocycles. The summed E-state index contributed by atoms with van der Waals surface area (Å²) in [5, 5.41) is 0. The molecule has 4 rings (SSSR count). The maximum Gasteiger partial charge on any atom is 0.0706 e. The summed E-state index contributed by atoms with van der Waals surface area (Å²) in [6.45, 7) is 4.50. The van der Waals surface area contributed by atoms with Gasteiger partial charge in [-0.05, 0) is 47.3 Å². The first-order valence-electron chi connectivity index (χ1n) is 5.48. The van der Waals surface area contributed by atoms with Gasteiger partial charge in [-0.3, -0.25) is 0 Å². The van der Waals surface area contributed by atoms with Crippen LogP contribution in [0.2, 0.25) is 0 Å². The first-order valence-corrected chi connectivity index (χ1v) is 5.48. The van der Waals surface area contributed by atoms with Crippen LogP contribution in [0.5, 0.6) is 0 Å². The van der Waals surface area contributed by atoms with Gasteiger partial charge in [-0.25, -0.2) is 0 Å². The van der Waals surface area contributed by atoms with E-state index in [2.05, 4.69) is 50.3 Å². The number of allylic oxidation sites excluding steroid dienone is 12. The highest BCUT2D eigenvalue weighted by atomic mass is 14.5. The second kappa shape index (κ2) is 2.01. The Morgan fingerprint density at radius 2 is 1.20 bits per heavy atom. The lowest BCUT2D eigenvalue weighted by Crippen LogP contribution is -2.17. The van der Waals surface area contributed by atoms with Gasteiger partial charge < -0.3 is 0 Å². The second-order valence-electron chi connectivity index (χ2n) is 4.74. The molecule has 0 aliphatic heterocycles. The minimum Gasteiger partial charge on any atom is -0.0571 e. The number of hydrogen-bond acceptors (Lipinski definition) is 0. The maximum atomic E-state index is 2.30. The van der Waals surface area contributed by atoms with Crippen LogP contribution in [-0.2, 0) is 0 Å². The lowest BCUT2D eigenvalue weighted by atomic mass is 9.75. The lowest BCUT2D eigenvalue weighted by molar-refractivity contribution is 0.733. The van der Waals surface area contributed by atoms with Crippen molar-refractivity contribution in [3.05, 3.63) is 69.9 Å². The molecule has 72 valence electrons. The molecule has 0 aromatic heterocycles. The summed E-state index contributed by atoms with van der Waals surface area (Å²) in [5.74, 6) is 0. The van der Waals surface area contributed by atoms with Gasteiger partial charge in [-0.15, -0.1) is 0 Å². The lowest BCUT2D eigenvalue weighted by Gasteiger charge is -2.26. The van der Waals surface area contributed by atoms with Crippen LogP contribution in [0.1, 0.15) is 13.8 Å². The van der Waals surface area contributed by atoms with Gasteiger partial charge in [0.2, 0.25) is 0 Å². The third-order valence-electron chi connectivity index (χ3n) is 4.35. The van der Waals surface area contributed by atoms with Crippen molar-refractivity contribution in [3.8, 4) is 0 Å². The van der Waals surface area contributed by atoms with E-state index in [1.54, 1.807) is 0 Å². The van der Waals surface area contributed by atoms with Gasteiger partial charge in [-0.2, -0.15) is 0 Å². The molecule has 0 saturated carbocycles. The summed E-state index contributed by atoms with van der Waals surface area (Å²) >= 11 is 0. The molecular weight excluding hydrogens is 180 g/mol. The van der Waals surface area contributed by atoms with E-state index in [4.69, 9.17) is 0 Å². The van der Waals surface area contributed by atoms with E-state index in [1.807, 2.05) is 0 Å². The molecule has 15 heavy (non-hydrogen) atoms. The van der Waals surface area contributed by atoms with Crippen LogP contribution in [0.4, 0.5) is 0 Å². The van der Waals surface area contributed by atoms with Gasteiger partial charge >= 0.3 is 0 Å². The Hall–Kier alpha value is -1.56. The number of rotatable bonds is 0. The SMILES string of the molecule is CC1=C2C=CC(=C1C)C21C2=CC=C1C=C2. The van der Waals surface area contributed by atoms with E-state index in [0.29, 0.717) is 0 Å². The Morgan fingerprint density at radius 3 is 1.60 bits per heavy atom. The molecule has 0 atom stereocenters. The van der Waals surface area contributed by atoms with E-state index in [1.165, 1.54) is 33.4 Å². The van der Waals surface area contributed by atoms with Crippen LogP contribution in [0.3, 0.4) is 0 Å². The molecule has 1 spiro atoms. The molecule has 0 unspecified atom stereocenters. The third-order valence-corrected chi connectivity index (χ3v) is 4.35. The van der Waals surface area contributed by atoms with Gasteiger partial charge in [-0.1, -0.05) is 36.5 Å². The molecule has 0 radical (unpaired) electrons. The first-order chi connectivity index (χ1) is 7.26. The normalized spacial score (nSPS) is 27.6. The Balaban J connectivity index is 2.14. The van der Waals surface area contributed by atoms with E-state index in [0.717, 1.165) is 0 Å². The minimum atomic E-state index is 0.147. The molecule has 0 amide bonds. The van der Waals surface area contributed by atoms with Crippen molar-refractivity contribution in [3.63, 3.8) is 0 Å². The Labute approximate surface area is 89.7 Å². The molecule has 4 aliphatic rings. The van der Waals surface area contributed by atoms with E-state index in [-0.39, 0.29) is 5.41 Å². The van der Waals surface area contributed by atoms with Crippen molar-refractivity contribution in [1.29, 1.82) is 0 Å². The zero-order chi connectivity index (χ0) is 10.2. The average molecular weight is 192 g/mol. The summed E-state index contributed by atoms with van der Waals surface area (Å²) in [6.07, 6.45) is 13.7. The van der Waals surface area contributed by atoms with Crippen LogP contribution in [0.25, 0.3) is 0 Å². The molecule has 0 nitrogen and oxygen atoms in total. The average Bonchev–Trinajstić information content (AvgIpc) is 2.95. The fraction of sp³-hybridized carbons (Fsp3) is 0.200. The van der Waals surface area contributed by atoms with Crippen LogP contribution >= 0.6 is 0 Å². The Morgan fingerprint density at radius 1 is 0.733 bits per heavy atom. The predicted octanol–water partition coefficient (Wildman–Crippen LogP) is 3.63. The van der Waals surface area contributed by atoms with Crippen molar-refractivity contribution < 1.29 is 0 Å². The van der Waals surface area contributed by atoms with Gasteiger partial charge in [0.25, 0.3) is 0 Å². The van der Waals surface area contributed by atoms with Crippen molar-refractivity contribution in [2.24, 2.45) is 5.41 Å². The van der Waals surface area contributed by atoms with E-state index in [9.17, 15) is 0 Å². The monoisotopic (exact) mass is 192 g/mol. The standard InChI is InChI=1S/C15H12/c1-9-10(2)14-8-7-13(9)15(14)11-3-4-12(15)6-5-11/h3-8H,1-2H3. The van der Waals surface area contributed by atoms with Gasteiger partial charge in [0.05, 0.1) is 5.41 Å². The summed E-state index contributed by atoms with van der Waals surface area (Å²) in [4.78, 5) is 0. The molecule has 0 heteroatoms. The third kappa shape index (κ3) is 0.555. The molecular formula is C15H12. The van der Waals surface area contributed by atoms with Crippen molar-refractivity contribution in [2.75, 3.05) is 0 Å². The molecule has 0 heterocycles. The van der Waals surface area contributed by atoms with Crippen LogP contribution in [0, 0.1) is 5.41 Å². The van der Waals surface area contributed by atoms with Crippen LogP contribution in [-0.4, -0.2) is 0 Å². The molecule has 4 bridgehead atoms. The van der Waals surface area contributed by atoms with Gasteiger partial charge in [0.1, 0.15) is 0 Å². The fourth-order valence-electron chi connectivity index (χ4n) is 3.54. The van der Waals surface area contributed by atoms with Crippen molar-refractivity contribution in [2.45, 2.75) is 13.8 Å². The number of hydrogen-bond donors (Lipinski definition) is 0. The van der Waals surface area contributed by atoms with Crippen LogP contribution in [0.15, 0.2) is 69.9 Å². The van der Waals surface area contributed by atoms with Gasteiger partial charge in [0.15, 0.2) is 0 Å². The predicted molar refractivity (Wildman–Crippen MR) is 62.3 cm³/mol. The molecule has 0 aromatic rings. The van der Waals surface area contributed by atoms with Crippen molar-refractivity contribution in [1.82, 2.24) is 0 Å². The van der Waals surface area contributed by atoms with Gasteiger partial charge in [0, 0.05) is 0 Å². The second-order valence-corrected chi connectivity index (χ2v) is 4.74. The summed E-state index contributed by atoms with van der Waals surface area (Å²) in [5.41, 5.74) is 9.05. The Bertz CT molecular complexity index is 532. The summed E-state index contributed by atoms with van der Waals surface area (Å²) in [6, 6.07) is 0. The largest absolute Gasteiger partial charge is 0.0706 e. The topological polar surface area (TPSA) is 0 Å². The fourth-order valence-corrected chi connectivity index (χ4v) is 3.54. The smallest absolute Gasteiger partial charge is 0.0571 e. The highest BCUT2D eigenvalue weighted by Crippen LogP contribution is 2.65. The highest BCUT2D eigenvalue weighted by Gasteiger charge is 2.53. The van der Waals surface area contributed by atoms with Crippen molar-refractivity contribution >= 4 is 0 Å². The molecule has 0 N–H and O–H groups in total. The quantitative estimate of drug-likeness (QED) is 0.550. The summed E-state index contributed by atoms with van der Waals surface area (Å²) in [7, 11) is 0. The van der Waals surface area contributed by atoms with E-state index >= 15 is 0 Å². The first kappa shape index (κ1) is 7.70. The van der Waals surface area contributed by atoms with Crippen LogP contribution < -0.4 is 0 Å². The maximum absolute atomic E-state index is 2.30.